The number of phenolic OH excluding ortho intramolecular Hbond substituents is 1. The predicted molar refractivity (Wildman–Crippen MR) is 86.1 cm³/mol. The van der Waals surface area contributed by atoms with Gasteiger partial charge in [-0.3, -0.25) is 9.59 Å². The van der Waals surface area contributed by atoms with E-state index in [1.54, 1.807) is 0 Å². The van der Waals surface area contributed by atoms with Crippen LogP contribution in [0.1, 0.15) is 18.5 Å². The Kier molecular flexibility index (Phi) is 3.92. The number of hydrogen-bond donors (Lipinski definition) is 4. The van der Waals surface area contributed by atoms with Crippen LogP contribution in [0.25, 0.3) is 0 Å². The molecule has 0 aromatic heterocycles. The van der Waals surface area contributed by atoms with Gasteiger partial charge in [0.15, 0.2) is 0 Å². The number of thioether (sulfide) groups is 1. The fourth-order valence-corrected chi connectivity index (χ4v) is 4.47. The second-order valence-corrected chi connectivity index (χ2v) is 7.15. The molecule has 0 aliphatic carbocycles. The average Bonchev–Trinajstić information content (AvgIpc) is 2.87. The number of nitrogens with two attached hydrogens (primary N) is 1. The van der Waals surface area contributed by atoms with Gasteiger partial charge < -0.3 is 26.2 Å². The van der Waals surface area contributed by atoms with Crippen LogP contribution in [0, 0.1) is 0 Å². The molecule has 5 N–H and O–H groups in total. The van der Waals surface area contributed by atoms with Crippen molar-refractivity contribution >= 4 is 29.5 Å². The molecular formula is C15H17N3O5S. The first-order valence-corrected chi connectivity index (χ1v) is 8.33. The van der Waals surface area contributed by atoms with Crippen LogP contribution in [-0.4, -0.2) is 55.6 Å². The third-order valence-electron chi connectivity index (χ3n) is 4.40. The Morgan fingerprint density at radius 2 is 2.04 bits per heavy atom. The minimum Gasteiger partial charge on any atom is -0.508 e. The van der Waals surface area contributed by atoms with Crippen molar-refractivity contribution in [3.05, 3.63) is 29.8 Å². The summed E-state index contributed by atoms with van der Waals surface area (Å²) in [5.41, 5.74) is 5.14. The van der Waals surface area contributed by atoms with E-state index in [9.17, 15) is 24.6 Å². The van der Waals surface area contributed by atoms with Crippen LogP contribution in [0.4, 0.5) is 0 Å². The van der Waals surface area contributed by atoms with Gasteiger partial charge in [-0.2, -0.15) is 0 Å². The highest BCUT2D eigenvalue weighted by molar-refractivity contribution is 8.00. The summed E-state index contributed by atoms with van der Waals surface area (Å²) in [6.45, 7) is 1.50. The van der Waals surface area contributed by atoms with Crippen LogP contribution in [0.3, 0.4) is 0 Å². The minimum absolute atomic E-state index is 0.0616. The molecule has 0 saturated carbocycles. The lowest BCUT2D eigenvalue weighted by Crippen LogP contribution is -2.73. The van der Waals surface area contributed by atoms with Crippen LogP contribution in [0.15, 0.2) is 24.3 Å². The minimum atomic E-state index is -1.24. The molecule has 2 saturated heterocycles. The van der Waals surface area contributed by atoms with Crippen LogP contribution >= 0.6 is 11.8 Å². The molecule has 3 unspecified atom stereocenters. The third-order valence-corrected chi connectivity index (χ3v) is 5.96. The maximum Gasteiger partial charge on any atom is 0.330 e. The van der Waals surface area contributed by atoms with Crippen molar-refractivity contribution in [2.24, 2.45) is 5.73 Å². The number of amides is 2. The standard InChI is InChI=1S/C15H17N3O5S/c1-15(14(22)23)6-24-13-10(12(21)18(13)15)17-11(20)9(16)7-2-4-8(19)5-3-7/h2-5,9-10,13,19H,6,16H2,1H3,(H,17,20)(H,22,23)/t9-,10?,13?,15?/m1/s1. The Labute approximate surface area is 142 Å². The van der Waals surface area contributed by atoms with Crippen molar-refractivity contribution in [2.45, 2.75) is 29.9 Å². The first kappa shape index (κ1) is 16.6. The second-order valence-electron chi connectivity index (χ2n) is 6.04. The molecule has 2 aliphatic heterocycles. The van der Waals surface area contributed by atoms with E-state index in [1.807, 2.05) is 0 Å². The van der Waals surface area contributed by atoms with Gasteiger partial charge in [-0.05, 0) is 24.6 Å². The average molecular weight is 351 g/mol. The zero-order valence-electron chi connectivity index (χ0n) is 12.8. The number of aromatic hydroxyl groups is 1. The summed E-state index contributed by atoms with van der Waals surface area (Å²) in [6.07, 6.45) is 0. The molecule has 9 heteroatoms. The smallest absolute Gasteiger partial charge is 0.330 e. The number of carbonyl (C=O) groups excluding carboxylic acids is 2. The molecule has 3 rings (SSSR count). The summed E-state index contributed by atoms with van der Waals surface area (Å²) in [6, 6.07) is 4.14. The van der Waals surface area contributed by atoms with Crippen molar-refractivity contribution in [2.75, 3.05) is 5.75 Å². The highest BCUT2D eigenvalue weighted by Gasteiger charge is 2.63. The number of benzene rings is 1. The molecule has 128 valence electrons. The van der Waals surface area contributed by atoms with Gasteiger partial charge in [0, 0.05) is 5.75 Å². The number of nitrogens with zero attached hydrogens (tertiary/aromatic N) is 1. The summed E-state index contributed by atoms with van der Waals surface area (Å²) in [7, 11) is 0. The maximum atomic E-state index is 12.3. The molecule has 8 nitrogen and oxygen atoms in total. The van der Waals surface area contributed by atoms with Crippen molar-refractivity contribution in [3.63, 3.8) is 0 Å². The monoisotopic (exact) mass is 351 g/mol. The summed E-state index contributed by atoms with van der Waals surface area (Å²) >= 11 is 1.33. The number of phenols is 1. The second kappa shape index (κ2) is 5.67. The van der Waals surface area contributed by atoms with E-state index in [4.69, 9.17) is 5.73 Å². The van der Waals surface area contributed by atoms with Crippen LogP contribution in [0.2, 0.25) is 0 Å². The Bertz CT molecular complexity index is 710. The van der Waals surface area contributed by atoms with Gasteiger partial charge in [0.2, 0.25) is 11.8 Å². The summed E-state index contributed by atoms with van der Waals surface area (Å²) in [5.74, 6) is -1.66. The maximum absolute atomic E-state index is 12.3. The number of carboxylic acids is 1. The van der Waals surface area contributed by atoms with E-state index in [1.165, 1.54) is 47.9 Å². The van der Waals surface area contributed by atoms with E-state index in [-0.39, 0.29) is 11.5 Å². The van der Waals surface area contributed by atoms with Crippen molar-refractivity contribution in [1.82, 2.24) is 10.2 Å². The van der Waals surface area contributed by atoms with Gasteiger partial charge in [0.1, 0.15) is 28.7 Å². The molecule has 0 bridgehead atoms. The van der Waals surface area contributed by atoms with E-state index >= 15 is 0 Å². The molecule has 2 aliphatic rings. The van der Waals surface area contributed by atoms with Gasteiger partial charge in [0.25, 0.3) is 0 Å². The quantitative estimate of drug-likeness (QED) is 0.544. The number of carboxylic acid groups (broad SMARTS) is 1. The van der Waals surface area contributed by atoms with Gasteiger partial charge >= 0.3 is 5.97 Å². The number of hydrogen-bond acceptors (Lipinski definition) is 6. The Morgan fingerprint density at radius 1 is 1.42 bits per heavy atom. The van der Waals surface area contributed by atoms with Crippen LogP contribution in [-0.2, 0) is 14.4 Å². The van der Waals surface area contributed by atoms with E-state index in [2.05, 4.69) is 5.32 Å². The van der Waals surface area contributed by atoms with Crippen LogP contribution < -0.4 is 11.1 Å². The van der Waals surface area contributed by atoms with E-state index < -0.39 is 40.8 Å². The SMILES string of the molecule is CC1(C(=O)O)CSC2C(NC(=O)[C@H](N)c3ccc(O)cc3)C(=O)N21. The highest BCUT2D eigenvalue weighted by atomic mass is 32.2. The topological polar surface area (TPSA) is 133 Å². The van der Waals surface area contributed by atoms with Gasteiger partial charge in [-0.15, -0.1) is 11.8 Å². The molecule has 0 spiro atoms. The Hall–Kier alpha value is -2.26. The molecule has 2 fully saturated rings. The Morgan fingerprint density at radius 3 is 2.62 bits per heavy atom. The molecule has 2 amide bonds. The lowest BCUT2D eigenvalue weighted by atomic mass is 9.94. The molecule has 4 atom stereocenters. The summed E-state index contributed by atoms with van der Waals surface area (Å²) < 4.78 is 0. The number of carbonyl (C=O) groups is 3. The van der Waals surface area contributed by atoms with E-state index in [0.29, 0.717) is 5.56 Å². The van der Waals surface area contributed by atoms with Crippen LogP contribution in [0.5, 0.6) is 5.75 Å². The fourth-order valence-electron chi connectivity index (χ4n) is 2.85. The third kappa shape index (κ3) is 2.40. The first-order chi connectivity index (χ1) is 11.3. The number of fused-ring (bicyclic) bond motifs is 1. The van der Waals surface area contributed by atoms with Gasteiger partial charge in [-0.25, -0.2) is 4.79 Å². The molecule has 0 radical (unpaired) electrons. The normalized spacial score (nSPS) is 29.6. The zero-order chi connectivity index (χ0) is 17.6. The largest absolute Gasteiger partial charge is 0.508 e. The number of nitrogens with one attached hydrogen (secondary N) is 1. The predicted octanol–water partition coefficient (Wildman–Crippen LogP) is -0.365. The van der Waals surface area contributed by atoms with E-state index in [0.717, 1.165) is 0 Å². The fraction of sp³-hybridized carbons (Fsp3) is 0.400. The zero-order valence-corrected chi connectivity index (χ0v) is 13.6. The number of rotatable bonds is 4. The summed E-state index contributed by atoms with van der Waals surface area (Å²) in [5, 5.41) is 20.8. The van der Waals surface area contributed by atoms with Gasteiger partial charge in [0.05, 0.1) is 0 Å². The number of β-lactam (4-membered cyclic amide) rings is 1. The Balaban J connectivity index is 1.68. The number of aliphatic carboxylic acids is 1. The molecular weight excluding hydrogens is 334 g/mol. The summed E-state index contributed by atoms with van der Waals surface area (Å²) in [4.78, 5) is 37.2. The molecule has 1 aromatic rings. The lowest BCUT2D eigenvalue weighted by molar-refractivity contribution is -0.167. The van der Waals surface area contributed by atoms with Crippen molar-refractivity contribution in [3.8, 4) is 5.75 Å². The highest BCUT2D eigenvalue weighted by Crippen LogP contribution is 2.45. The lowest BCUT2D eigenvalue weighted by Gasteiger charge is -2.47. The van der Waals surface area contributed by atoms with Crippen molar-refractivity contribution in [1.29, 1.82) is 0 Å². The molecule has 24 heavy (non-hydrogen) atoms. The molecule has 2 heterocycles. The molecule has 1 aromatic carbocycles. The van der Waals surface area contributed by atoms with Gasteiger partial charge in [-0.1, -0.05) is 12.1 Å². The van der Waals surface area contributed by atoms with Crippen molar-refractivity contribution < 1.29 is 24.6 Å². The first-order valence-electron chi connectivity index (χ1n) is 7.29.